The molecule has 0 spiro atoms. The van der Waals surface area contributed by atoms with Gasteiger partial charge < -0.3 is 15.5 Å². The number of urea groups is 1. The zero-order chi connectivity index (χ0) is 19.5. The molecule has 4 rings (SSSR count). The van der Waals surface area contributed by atoms with Crippen LogP contribution in [0.1, 0.15) is 24.0 Å². The summed E-state index contributed by atoms with van der Waals surface area (Å²) in [5.41, 5.74) is 4.33. The van der Waals surface area contributed by atoms with Crippen LogP contribution in [0.5, 0.6) is 0 Å². The van der Waals surface area contributed by atoms with E-state index in [1.54, 1.807) is 4.90 Å². The highest BCUT2D eigenvalue weighted by Gasteiger charge is 2.23. The van der Waals surface area contributed by atoms with E-state index in [1.165, 1.54) is 11.1 Å². The first-order chi connectivity index (χ1) is 13.6. The molecular formula is C22H26N4O2. The molecule has 0 aliphatic carbocycles. The highest BCUT2D eigenvalue weighted by Crippen LogP contribution is 2.23. The van der Waals surface area contributed by atoms with Crippen molar-refractivity contribution < 1.29 is 9.59 Å². The van der Waals surface area contributed by atoms with Crippen molar-refractivity contribution in [1.82, 2.24) is 10.2 Å². The number of amides is 3. The van der Waals surface area contributed by atoms with Crippen LogP contribution >= 0.6 is 0 Å². The number of nitrogens with zero attached hydrogens (tertiary/aromatic N) is 2. The number of hydrogen-bond donors (Lipinski definition) is 2. The Balaban J connectivity index is 1.29. The van der Waals surface area contributed by atoms with E-state index < -0.39 is 0 Å². The van der Waals surface area contributed by atoms with Crippen LogP contribution in [0, 0.1) is 0 Å². The summed E-state index contributed by atoms with van der Waals surface area (Å²) >= 11 is 0. The van der Waals surface area contributed by atoms with Gasteiger partial charge in [-0.2, -0.15) is 0 Å². The molecule has 0 radical (unpaired) electrons. The van der Waals surface area contributed by atoms with E-state index in [4.69, 9.17) is 0 Å². The minimum absolute atomic E-state index is 0.164. The maximum Gasteiger partial charge on any atom is 0.319 e. The monoisotopic (exact) mass is 378 g/mol. The molecule has 6 nitrogen and oxygen atoms in total. The molecular weight excluding hydrogens is 352 g/mol. The summed E-state index contributed by atoms with van der Waals surface area (Å²) in [6, 6.07) is 16.0. The quantitative estimate of drug-likeness (QED) is 0.860. The fourth-order valence-electron chi connectivity index (χ4n) is 3.98. The number of hydrogen-bond acceptors (Lipinski definition) is 3. The van der Waals surface area contributed by atoms with Gasteiger partial charge in [-0.05, 0) is 55.3 Å². The van der Waals surface area contributed by atoms with E-state index in [-0.39, 0.29) is 18.0 Å². The molecule has 1 atom stereocenters. The summed E-state index contributed by atoms with van der Waals surface area (Å²) in [6.07, 6.45) is 2.45. The maximum absolute atomic E-state index is 12.3. The van der Waals surface area contributed by atoms with Gasteiger partial charge in [-0.3, -0.25) is 9.69 Å². The number of carbonyl (C=O) groups is 2. The van der Waals surface area contributed by atoms with Crippen LogP contribution in [0.3, 0.4) is 0 Å². The van der Waals surface area contributed by atoms with E-state index in [0.29, 0.717) is 13.0 Å². The number of carbonyl (C=O) groups excluding carboxylic acids is 2. The van der Waals surface area contributed by atoms with E-state index in [0.717, 1.165) is 37.3 Å². The third-order valence-electron chi connectivity index (χ3n) is 5.63. The first-order valence-electron chi connectivity index (χ1n) is 9.82. The Kier molecular flexibility index (Phi) is 5.30. The molecule has 1 unspecified atom stereocenters. The lowest BCUT2D eigenvalue weighted by atomic mass is 9.94. The molecule has 146 valence electrons. The summed E-state index contributed by atoms with van der Waals surface area (Å²) in [7, 11) is 2.10. The number of likely N-dealkylation sites (N-methyl/N-ethyl adjacent to an activating group) is 1. The van der Waals surface area contributed by atoms with E-state index in [2.05, 4.69) is 46.8 Å². The van der Waals surface area contributed by atoms with Gasteiger partial charge in [0.25, 0.3) is 0 Å². The molecule has 1 fully saturated rings. The zero-order valence-corrected chi connectivity index (χ0v) is 16.1. The van der Waals surface area contributed by atoms with Crippen LogP contribution in [0.15, 0.2) is 48.5 Å². The molecule has 0 aromatic heterocycles. The minimum atomic E-state index is -0.211. The van der Waals surface area contributed by atoms with Crippen molar-refractivity contribution in [3.8, 4) is 0 Å². The number of nitrogens with one attached hydrogen (secondary N) is 2. The number of benzene rings is 2. The normalized spacial score (nSPS) is 19.4. The van der Waals surface area contributed by atoms with Crippen molar-refractivity contribution in [2.75, 3.05) is 30.4 Å². The second-order valence-corrected chi connectivity index (χ2v) is 7.57. The first kappa shape index (κ1) is 18.5. The second kappa shape index (κ2) is 8.02. The van der Waals surface area contributed by atoms with Gasteiger partial charge in [0.05, 0.1) is 0 Å². The predicted molar refractivity (Wildman–Crippen MR) is 110 cm³/mol. The van der Waals surface area contributed by atoms with Crippen molar-refractivity contribution in [2.45, 2.75) is 31.8 Å². The van der Waals surface area contributed by atoms with Crippen molar-refractivity contribution in [2.24, 2.45) is 0 Å². The minimum Gasteiger partial charge on any atom is -0.336 e. The van der Waals surface area contributed by atoms with Crippen molar-refractivity contribution in [1.29, 1.82) is 0 Å². The number of fused-ring (bicyclic) bond motifs is 1. The Hall–Kier alpha value is -2.86. The first-order valence-corrected chi connectivity index (χ1v) is 9.82. The molecule has 28 heavy (non-hydrogen) atoms. The van der Waals surface area contributed by atoms with Gasteiger partial charge in [0.15, 0.2) is 0 Å². The molecule has 2 N–H and O–H groups in total. The topological polar surface area (TPSA) is 64.7 Å². The summed E-state index contributed by atoms with van der Waals surface area (Å²) in [5.74, 6) is 0.164. The van der Waals surface area contributed by atoms with Gasteiger partial charge in [-0.1, -0.05) is 24.3 Å². The van der Waals surface area contributed by atoms with Crippen LogP contribution in [0.4, 0.5) is 16.2 Å². The van der Waals surface area contributed by atoms with E-state index in [1.807, 2.05) is 24.3 Å². The molecule has 2 aromatic carbocycles. The molecule has 3 amide bonds. The van der Waals surface area contributed by atoms with Gasteiger partial charge >= 0.3 is 6.03 Å². The lowest BCUT2D eigenvalue weighted by molar-refractivity contribution is -0.117. The average molecular weight is 378 g/mol. The van der Waals surface area contributed by atoms with Crippen LogP contribution in [0.2, 0.25) is 0 Å². The van der Waals surface area contributed by atoms with Crippen LogP contribution in [0.25, 0.3) is 0 Å². The highest BCUT2D eigenvalue weighted by atomic mass is 16.2. The summed E-state index contributed by atoms with van der Waals surface area (Å²) in [4.78, 5) is 28.2. The molecule has 2 aliphatic rings. The maximum atomic E-state index is 12.3. The molecule has 2 aliphatic heterocycles. The molecule has 6 heteroatoms. The van der Waals surface area contributed by atoms with Crippen molar-refractivity contribution in [3.63, 3.8) is 0 Å². The lowest BCUT2D eigenvalue weighted by Crippen LogP contribution is -2.46. The average Bonchev–Trinajstić information content (AvgIpc) is 3.13. The summed E-state index contributed by atoms with van der Waals surface area (Å²) in [6.45, 7) is 2.27. The summed E-state index contributed by atoms with van der Waals surface area (Å²) < 4.78 is 0. The van der Waals surface area contributed by atoms with E-state index >= 15 is 0 Å². The Morgan fingerprint density at radius 3 is 2.57 bits per heavy atom. The number of anilines is 2. The Morgan fingerprint density at radius 1 is 1.11 bits per heavy atom. The standard InChI is InChI=1S/C22H26N4O2/c1-25-15-17-6-3-2-5-16(17)13-20(25)14-23-22(28)24-18-8-10-19(11-9-18)26-12-4-7-21(26)27/h2-3,5-6,8-11,20H,4,7,12-15H2,1H3,(H2,23,24,28). The zero-order valence-electron chi connectivity index (χ0n) is 16.1. The predicted octanol–water partition coefficient (Wildman–Crippen LogP) is 2.99. The molecule has 2 heterocycles. The van der Waals surface area contributed by atoms with Crippen LogP contribution in [-0.4, -0.2) is 43.0 Å². The van der Waals surface area contributed by atoms with Crippen molar-refractivity contribution >= 4 is 23.3 Å². The Bertz CT molecular complexity index is 865. The van der Waals surface area contributed by atoms with Gasteiger partial charge in [-0.25, -0.2) is 4.79 Å². The lowest BCUT2D eigenvalue weighted by Gasteiger charge is -2.34. The fraction of sp³-hybridized carbons (Fsp3) is 0.364. The Labute approximate surface area is 165 Å². The molecule has 0 saturated carbocycles. The van der Waals surface area contributed by atoms with Gasteiger partial charge in [0, 0.05) is 43.5 Å². The van der Waals surface area contributed by atoms with E-state index in [9.17, 15) is 9.59 Å². The number of rotatable bonds is 4. The summed E-state index contributed by atoms with van der Waals surface area (Å²) in [5, 5.41) is 5.86. The van der Waals surface area contributed by atoms with Crippen LogP contribution in [-0.2, 0) is 17.8 Å². The fourth-order valence-corrected chi connectivity index (χ4v) is 3.98. The van der Waals surface area contributed by atoms with Gasteiger partial charge in [0.2, 0.25) is 5.91 Å². The van der Waals surface area contributed by atoms with Crippen LogP contribution < -0.4 is 15.5 Å². The third-order valence-corrected chi connectivity index (χ3v) is 5.63. The van der Waals surface area contributed by atoms with Crippen molar-refractivity contribution in [3.05, 3.63) is 59.7 Å². The molecule has 2 aromatic rings. The molecule has 1 saturated heterocycles. The highest BCUT2D eigenvalue weighted by molar-refractivity contribution is 5.96. The second-order valence-electron chi connectivity index (χ2n) is 7.57. The third kappa shape index (κ3) is 4.02. The molecule has 0 bridgehead atoms. The Morgan fingerprint density at radius 2 is 1.86 bits per heavy atom. The smallest absolute Gasteiger partial charge is 0.319 e. The largest absolute Gasteiger partial charge is 0.336 e. The van der Waals surface area contributed by atoms with Gasteiger partial charge in [0.1, 0.15) is 0 Å². The SMILES string of the molecule is CN1Cc2ccccc2CC1CNC(=O)Nc1ccc(N2CCCC2=O)cc1. The van der Waals surface area contributed by atoms with Gasteiger partial charge in [-0.15, -0.1) is 0 Å².